The van der Waals surface area contributed by atoms with E-state index in [0.717, 1.165) is 5.56 Å². The Bertz CT molecular complexity index is 922. The molecule has 1 fully saturated rings. The van der Waals surface area contributed by atoms with E-state index in [4.69, 9.17) is 17.0 Å². The predicted octanol–water partition coefficient (Wildman–Crippen LogP) is 4.28. The SMILES string of the molecule is CCOc1ccccc1/C=C1\SC(=S)N(c2ccc(C(=O)OC)cc2)C1=O. The monoisotopic (exact) mass is 399 g/mol. The second-order valence-electron chi connectivity index (χ2n) is 5.53. The average Bonchev–Trinajstić information content (AvgIpc) is 2.96. The molecule has 1 aliphatic heterocycles. The molecule has 2 aromatic rings. The molecule has 5 nitrogen and oxygen atoms in total. The molecule has 1 saturated heterocycles. The largest absolute Gasteiger partial charge is 0.493 e. The molecule has 0 spiro atoms. The smallest absolute Gasteiger partial charge is 0.337 e. The first-order valence-corrected chi connectivity index (χ1v) is 9.45. The lowest BCUT2D eigenvalue weighted by atomic mass is 10.1. The second-order valence-corrected chi connectivity index (χ2v) is 7.20. The van der Waals surface area contributed by atoms with Gasteiger partial charge < -0.3 is 9.47 Å². The van der Waals surface area contributed by atoms with Gasteiger partial charge in [-0.3, -0.25) is 9.69 Å². The van der Waals surface area contributed by atoms with Crippen LogP contribution in [-0.4, -0.2) is 29.9 Å². The van der Waals surface area contributed by atoms with Crippen molar-refractivity contribution in [1.82, 2.24) is 0 Å². The number of ether oxygens (including phenoxy) is 2. The summed E-state index contributed by atoms with van der Waals surface area (Å²) in [7, 11) is 1.32. The van der Waals surface area contributed by atoms with Crippen molar-refractivity contribution in [2.24, 2.45) is 0 Å². The molecule has 0 saturated carbocycles. The van der Waals surface area contributed by atoms with Gasteiger partial charge in [-0.1, -0.05) is 42.2 Å². The van der Waals surface area contributed by atoms with Crippen molar-refractivity contribution in [1.29, 1.82) is 0 Å². The predicted molar refractivity (Wildman–Crippen MR) is 111 cm³/mol. The molecular formula is C20H17NO4S2. The highest BCUT2D eigenvalue weighted by Gasteiger charge is 2.33. The molecule has 27 heavy (non-hydrogen) atoms. The van der Waals surface area contributed by atoms with Gasteiger partial charge in [-0.15, -0.1) is 0 Å². The quantitative estimate of drug-likeness (QED) is 0.425. The Morgan fingerprint density at radius 1 is 1.19 bits per heavy atom. The number of thiocarbonyl (C=S) groups is 1. The highest BCUT2D eigenvalue weighted by atomic mass is 32.2. The van der Waals surface area contributed by atoms with Crippen LogP contribution in [-0.2, 0) is 9.53 Å². The lowest BCUT2D eigenvalue weighted by Crippen LogP contribution is -2.27. The zero-order valence-electron chi connectivity index (χ0n) is 14.8. The minimum Gasteiger partial charge on any atom is -0.493 e. The standard InChI is InChI=1S/C20H17NO4S2/c1-3-25-16-7-5-4-6-14(16)12-17-18(22)21(20(26)27-17)15-10-8-13(9-11-15)19(23)24-2/h4-12H,3H2,1-2H3/b17-12-. The number of nitrogens with zero attached hydrogens (tertiary/aromatic N) is 1. The number of benzene rings is 2. The number of methoxy groups -OCH3 is 1. The number of anilines is 1. The molecule has 0 bridgehead atoms. The summed E-state index contributed by atoms with van der Waals surface area (Å²) in [5.74, 6) is 0.0779. The summed E-state index contributed by atoms with van der Waals surface area (Å²) in [5, 5.41) is 0. The molecule has 0 unspecified atom stereocenters. The maximum atomic E-state index is 12.9. The Hall–Kier alpha value is -2.64. The van der Waals surface area contributed by atoms with Gasteiger partial charge in [0.2, 0.25) is 0 Å². The number of esters is 1. The number of hydrogen-bond acceptors (Lipinski definition) is 6. The van der Waals surface area contributed by atoms with Crippen LogP contribution in [0.1, 0.15) is 22.8 Å². The van der Waals surface area contributed by atoms with Gasteiger partial charge in [-0.25, -0.2) is 4.79 Å². The van der Waals surface area contributed by atoms with Crippen molar-refractivity contribution in [2.75, 3.05) is 18.6 Å². The van der Waals surface area contributed by atoms with E-state index in [2.05, 4.69) is 4.74 Å². The van der Waals surface area contributed by atoms with Gasteiger partial charge >= 0.3 is 5.97 Å². The average molecular weight is 399 g/mol. The van der Waals surface area contributed by atoms with Crippen LogP contribution < -0.4 is 9.64 Å². The number of thioether (sulfide) groups is 1. The Kier molecular flexibility index (Phi) is 5.93. The highest BCUT2D eigenvalue weighted by molar-refractivity contribution is 8.27. The fraction of sp³-hybridized carbons (Fsp3) is 0.150. The third-order valence-electron chi connectivity index (χ3n) is 3.85. The maximum Gasteiger partial charge on any atom is 0.337 e. The summed E-state index contributed by atoms with van der Waals surface area (Å²) < 4.78 is 10.7. The molecule has 1 heterocycles. The normalized spacial score (nSPS) is 15.3. The van der Waals surface area contributed by atoms with Crippen LogP contribution in [0, 0.1) is 0 Å². The van der Waals surface area contributed by atoms with E-state index in [9.17, 15) is 9.59 Å². The van der Waals surface area contributed by atoms with Crippen molar-refractivity contribution >= 4 is 51.9 Å². The lowest BCUT2D eigenvalue weighted by Gasteiger charge is -2.14. The summed E-state index contributed by atoms with van der Waals surface area (Å²) >= 11 is 6.62. The number of rotatable bonds is 5. The first kappa shape index (κ1) is 19.1. The molecule has 0 N–H and O–H groups in total. The Morgan fingerprint density at radius 3 is 2.56 bits per heavy atom. The molecule has 1 aliphatic rings. The molecule has 138 valence electrons. The molecule has 0 radical (unpaired) electrons. The van der Waals surface area contributed by atoms with E-state index in [1.54, 1.807) is 30.3 Å². The van der Waals surface area contributed by atoms with Gasteiger partial charge in [0.15, 0.2) is 4.32 Å². The fourth-order valence-electron chi connectivity index (χ4n) is 2.58. The van der Waals surface area contributed by atoms with E-state index in [1.807, 2.05) is 31.2 Å². The molecule has 0 aromatic heterocycles. The van der Waals surface area contributed by atoms with Crippen LogP contribution >= 0.6 is 24.0 Å². The Labute approximate surface area is 167 Å². The summed E-state index contributed by atoms with van der Waals surface area (Å²) in [4.78, 5) is 26.4. The number of amides is 1. The summed E-state index contributed by atoms with van der Waals surface area (Å²) in [6.45, 7) is 2.45. The van der Waals surface area contributed by atoms with Crippen LogP contribution in [0.2, 0.25) is 0 Å². The van der Waals surface area contributed by atoms with Gasteiger partial charge in [0.25, 0.3) is 5.91 Å². The number of para-hydroxylation sites is 1. The molecule has 0 aliphatic carbocycles. The fourth-order valence-corrected chi connectivity index (χ4v) is 3.87. The highest BCUT2D eigenvalue weighted by Crippen LogP contribution is 2.37. The third kappa shape index (κ3) is 4.04. The molecule has 7 heteroatoms. The number of carbonyl (C=O) groups excluding carboxylic acids is 2. The lowest BCUT2D eigenvalue weighted by molar-refractivity contribution is -0.113. The van der Waals surface area contributed by atoms with Crippen molar-refractivity contribution in [3.63, 3.8) is 0 Å². The zero-order valence-corrected chi connectivity index (χ0v) is 16.4. The Balaban J connectivity index is 1.88. The van der Waals surface area contributed by atoms with E-state index >= 15 is 0 Å². The summed E-state index contributed by atoms with van der Waals surface area (Å²) in [6.07, 6.45) is 1.78. The van der Waals surface area contributed by atoms with E-state index in [-0.39, 0.29) is 5.91 Å². The topological polar surface area (TPSA) is 55.8 Å². The number of hydrogen-bond donors (Lipinski definition) is 0. The van der Waals surface area contributed by atoms with Crippen LogP contribution in [0.15, 0.2) is 53.4 Å². The molecule has 0 atom stereocenters. The third-order valence-corrected chi connectivity index (χ3v) is 5.15. The van der Waals surface area contributed by atoms with Crippen molar-refractivity contribution in [3.8, 4) is 5.75 Å². The van der Waals surface area contributed by atoms with Crippen LogP contribution in [0.3, 0.4) is 0 Å². The van der Waals surface area contributed by atoms with Gasteiger partial charge in [-0.05, 0) is 43.3 Å². The minimum absolute atomic E-state index is 0.206. The first-order valence-electron chi connectivity index (χ1n) is 8.23. The van der Waals surface area contributed by atoms with E-state index in [1.165, 1.54) is 23.8 Å². The van der Waals surface area contributed by atoms with Crippen LogP contribution in [0.5, 0.6) is 5.75 Å². The van der Waals surface area contributed by atoms with Gasteiger partial charge in [0.05, 0.1) is 29.9 Å². The molecular weight excluding hydrogens is 382 g/mol. The summed E-state index contributed by atoms with van der Waals surface area (Å²) in [5.41, 5.74) is 1.83. The van der Waals surface area contributed by atoms with Crippen molar-refractivity contribution in [2.45, 2.75) is 6.92 Å². The molecule has 3 rings (SSSR count). The van der Waals surface area contributed by atoms with E-state index in [0.29, 0.717) is 32.8 Å². The maximum absolute atomic E-state index is 12.9. The second kappa shape index (κ2) is 8.37. The minimum atomic E-state index is -0.431. The van der Waals surface area contributed by atoms with Crippen molar-refractivity contribution in [3.05, 3.63) is 64.6 Å². The van der Waals surface area contributed by atoms with Gasteiger partial charge in [0, 0.05) is 5.56 Å². The van der Waals surface area contributed by atoms with E-state index < -0.39 is 5.97 Å². The molecule has 2 aromatic carbocycles. The summed E-state index contributed by atoms with van der Waals surface area (Å²) in [6, 6.07) is 14.1. The van der Waals surface area contributed by atoms with Gasteiger partial charge in [0.1, 0.15) is 5.75 Å². The van der Waals surface area contributed by atoms with Crippen LogP contribution in [0.25, 0.3) is 6.08 Å². The van der Waals surface area contributed by atoms with Crippen molar-refractivity contribution < 1.29 is 19.1 Å². The van der Waals surface area contributed by atoms with Crippen LogP contribution in [0.4, 0.5) is 5.69 Å². The zero-order chi connectivity index (χ0) is 19.4. The van der Waals surface area contributed by atoms with Gasteiger partial charge in [-0.2, -0.15) is 0 Å². The number of carbonyl (C=O) groups is 2. The first-order chi connectivity index (χ1) is 13.0. The molecule has 1 amide bonds. The Morgan fingerprint density at radius 2 is 1.89 bits per heavy atom.